The van der Waals surface area contributed by atoms with E-state index in [2.05, 4.69) is 16.8 Å². The summed E-state index contributed by atoms with van der Waals surface area (Å²) in [6.07, 6.45) is 0. The number of rotatable bonds is 5. The molecule has 1 aliphatic rings. The number of benzene rings is 1. The molecule has 0 aliphatic carbocycles. The van der Waals surface area contributed by atoms with Gasteiger partial charge in [-0.2, -0.15) is 0 Å². The minimum atomic E-state index is -0.410. The van der Waals surface area contributed by atoms with Crippen molar-refractivity contribution in [3.8, 4) is 5.75 Å². The number of nitro groups is 1. The molecule has 0 spiro atoms. The molecule has 1 fully saturated rings. The van der Waals surface area contributed by atoms with Gasteiger partial charge in [0.1, 0.15) is 0 Å². The number of likely N-dealkylation sites (N-methyl/N-ethyl adjacent to an activating group) is 1. The van der Waals surface area contributed by atoms with Crippen LogP contribution in [0.4, 0.5) is 5.69 Å². The molecular formula is C14H22N4O3. The van der Waals surface area contributed by atoms with Gasteiger partial charge in [0.25, 0.3) is 0 Å². The zero-order chi connectivity index (χ0) is 15.4. The van der Waals surface area contributed by atoms with E-state index in [0.29, 0.717) is 13.1 Å². The van der Waals surface area contributed by atoms with Gasteiger partial charge in [-0.05, 0) is 18.7 Å². The monoisotopic (exact) mass is 294 g/mol. The van der Waals surface area contributed by atoms with E-state index in [4.69, 9.17) is 10.5 Å². The fraction of sp³-hybridized carbons (Fsp3) is 0.571. The van der Waals surface area contributed by atoms with Gasteiger partial charge in [0.05, 0.1) is 12.0 Å². The summed E-state index contributed by atoms with van der Waals surface area (Å²) >= 11 is 0. The Kier molecular flexibility index (Phi) is 5.11. The lowest BCUT2D eigenvalue weighted by atomic mass is 10.1. The van der Waals surface area contributed by atoms with Gasteiger partial charge in [0, 0.05) is 44.8 Å². The van der Waals surface area contributed by atoms with Crippen LogP contribution in [0.3, 0.4) is 0 Å². The van der Waals surface area contributed by atoms with Crippen molar-refractivity contribution in [2.24, 2.45) is 5.73 Å². The highest BCUT2D eigenvalue weighted by Gasteiger charge is 2.25. The van der Waals surface area contributed by atoms with Gasteiger partial charge in [-0.25, -0.2) is 0 Å². The molecule has 0 saturated carbocycles. The van der Waals surface area contributed by atoms with Gasteiger partial charge in [0.15, 0.2) is 5.75 Å². The Hall–Kier alpha value is -1.70. The maximum atomic E-state index is 11.1. The second-order valence-corrected chi connectivity index (χ2v) is 5.39. The topological polar surface area (TPSA) is 84.9 Å². The molecule has 1 unspecified atom stereocenters. The van der Waals surface area contributed by atoms with E-state index >= 15 is 0 Å². The maximum Gasteiger partial charge on any atom is 0.311 e. The Balaban J connectivity index is 2.15. The molecule has 1 heterocycles. The molecule has 1 atom stereocenters. The number of nitrogens with zero attached hydrogens (tertiary/aromatic N) is 3. The smallest absolute Gasteiger partial charge is 0.311 e. The van der Waals surface area contributed by atoms with Crippen LogP contribution in [-0.4, -0.2) is 61.1 Å². The summed E-state index contributed by atoms with van der Waals surface area (Å²) in [5.74, 6) is 0.289. The minimum Gasteiger partial charge on any atom is -0.490 e. The van der Waals surface area contributed by atoms with Crippen molar-refractivity contribution in [1.82, 2.24) is 9.80 Å². The number of hydrogen-bond donors (Lipinski definition) is 1. The predicted octanol–water partition coefficient (Wildman–Crippen LogP) is 0.678. The highest BCUT2D eigenvalue weighted by Crippen LogP contribution is 2.28. The average Bonchev–Trinajstić information content (AvgIpc) is 2.48. The van der Waals surface area contributed by atoms with Crippen LogP contribution >= 0.6 is 0 Å². The molecule has 21 heavy (non-hydrogen) atoms. The molecule has 7 nitrogen and oxygen atoms in total. The first-order chi connectivity index (χ1) is 10.0. The summed E-state index contributed by atoms with van der Waals surface area (Å²) in [5.41, 5.74) is 6.75. The Labute approximate surface area is 124 Å². The molecule has 0 bridgehead atoms. The maximum absolute atomic E-state index is 11.1. The third-order valence-corrected chi connectivity index (χ3v) is 3.91. The van der Waals surface area contributed by atoms with E-state index in [1.54, 1.807) is 12.1 Å². The van der Waals surface area contributed by atoms with E-state index in [0.717, 1.165) is 25.2 Å². The molecule has 0 aromatic heterocycles. The van der Waals surface area contributed by atoms with Crippen LogP contribution in [0, 0.1) is 10.1 Å². The van der Waals surface area contributed by atoms with Crippen molar-refractivity contribution >= 4 is 5.69 Å². The summed E-state index contributed by atoms with van der Waals surface area (Å²) in [6.45, 7) is 4.07. The first-order valence-electron chi connectivity index (χ1n) is 6.99. The third kappa shape index (κ3) is 3.69. The average molecular weight is 294 g/mol. The highest BCUT2D eigenvalue weighted by atomic mass is 16.6. The summed E-state index contributed by atoms with van der Waals surface area (Å²) in [5, 5.41) is 11.1. The van der Waals surface area contributed by atoms with E-state index < -0.39 is 4.92 Å². The summed E-state index contributed by atoms with van der Waals surface area (Å²) in [7, 11) is 3.52. The first kappa shape index (κ1) is 15.7. The van der Waals surface area contributed by atoms with Crippen LogP contribution in [0.15, 0.2) is 18.2 Å². The van der Waals surface area contributed by atoms with Crippen molar-refractivity contribution in [2.75, 3.05) is 40.3 Å². The normalized spacial score (nSPS) is 20.4. The van der Waals surface area contributed by atoms with Gasteiger partial charge in [0.2, 0.25) is 0 Å². The van der Waals surface area contributed by atoms with E-state index in [9.17, 15) is 10.1 Å². The van der Waals surface area contributed by atoms with E-state index in [1.807, 2.05) is 6.07 Å². The van der Waals surface area contributed by atoms with Gasteiger partial charge >= 0.3 is 5.69 Å². The quantitative estimate of drug-likeness (QED) is 0.635. The molecule has 0 radical (unpaired) electrons. The minimum absolute atomic E-state index is 0.00780. The largest absolute Gasteiger partial charge is 0.490 e. The molecule has 1 aliphatic heterocycles. The molecule has 7 heteroatoms. The van der Waals surface area contributed by atoms with Crippen LogP contribution in [0.2, 0.25) is 0 Å². The van der Waals surface area contributed by atoms with Crippen molar-refractivity contribution < 1.29 is 9.66 Å². The molecule has 2 rings (SSSR count). The fourth-order valence-corrected chi connectivity index (χ4v) is 2.69. The fourth-order valence-electron chi connectivity index (χ4n) is 2.69. The lowest BCUT2D eigenvalue weighted by Crippen LogP contribution is -2.54. The van der Waals surface area contributed by atoms with Crippen molar-refractivity contribution in [3.63, 3.8) is 0 Å². The van der Waals surface area contributed by atoms with Gasteiger partial charge in [-0.3, -0.25) is 15.0 Å². The second kappa shape index (κ2) is 6.84. The standard InChI is InChI=1S/C14H22N4O3/c1-16-5-6-17(12(8-15)10-16)9-11-3-4-14(21-2)13(7-11)18(19)20/h3-4,7,12H,5-6,8-10,15H2,1-2H3. The first-order valence-corrected chi connectivity index (χ1v) is 6.99. The number of nitro benzene ring substituents is 1. The summed E-state index contributed by atoms with van der Waals surface area (Å²) in [6, 6.07) is 5.40. The number of piperazine rings is 1. The lowest BCUT2D eigenvalue weighted by Gasteiger charge is -2.39. The lowest BCUT2D eigenvalue weighted by molar-refractivity contribution is -0.385. The van der Waals surface area contributed by atoms with Crippen molar-refractivity contribution in [2.45, 2.75) is 12.6 Å². The number of nitrogens with two attached hydrogens (primary N) is 1. The van der Waals surface area contributed by atoms with Gasteiger partial charge < -0.3 is 15.4 Å². The van der Waals surface area contributed by atoms with Crippen LogP contribution < -0.4 is 10.5 Å². The molecule has 1 aromatic carbocycles. The van der Waals surface area contributed by atoms with E-state index in [-0.39, 0.29) is 17.5 Å². The summed E-state index contributed by atoms with van der Waals surface area (Å²) in [4.78, 5) is 15.2. The van der Waals surface area contributed by atoms with Crippen LogP contribution in [0.5, 0.6) is 5.75 Å². The van der Waals surface area contributed by atoms with Crippen LogP contribution in [0.25, 0.3) is 0 Å². The number of methoxy groups -OCH3 is 1. The second-order valence-electron chi connectivity index (χ2n) is 5.39. The number of hydrogen-bond acceptors (Lipinski definition) is 6. The predicted molar refractivity (Wildman–Crippen MR) is 80.4 cm³/mol. The Morgan fingerprint density at radius 3 is 2.86 bits per heavy atom. The SMILES string of the molecule is COc1ccc(CN2CCN(C)CC2CN)cc1[N+](=O)[O-]. The zero-order valence-electron chi connectivity index (χ0n) is 12.5. The third-order valence-electron chi connectivity index (χ3n) is 3.91. The molecular weight excluding hydrogens is 272 g/mol. The number of ether oxygens (including phenoxy) is 1. The molecule has 2 N–H and O–H groups in total. The Bertz CT molecular complexity index is 509. The van der Waals surface area contributed by atoms with Crippen molar-refractivity contribution in [1.29, 1.82) is 0 Å². The molecule has 116 valence electrons. The Morgan fingerprint density at radius 1 is 1.48 bits per heavy atom. The molecule has 1 saturated heterocycles. The zero-order valence-corrected chi connectivity index (χ0v) is 12.5. The summed E-state index contributed by atoms with van der Waals surface area (Å²) < 4.78 is 5.03. The van der Waals surface area contributed by atoms with Crippen LogP contribution in [-0.2, 0) is 6.54 Å². The molecule has 0 amide bonds. The molecule has 1 aromatic rings. The van der Waals surface area contributed by atoms with Crippen molar-refractivity contribution in [3.05, 3.63) is 33.9 Å². The van der Waals surface area contributed by atoms with Gasteiger partial charge in [-0.15, -0.1) is 0 Å². The van der Waals surface area contributed by atoms with Gasteiger partial charge in [-0.1, -0.05) is 6.07 Å². The van der Waals surface area contributed by atoms with Crippen LogP contribution in [0.1, 0.15) is 5.56 Å². The van der Waals surface area contributed by atoms with E-state index in [1.165, 1.54) is 7.11 Å². The Morgan fingerprint density at radius 2 is 2.24 bits per heavy atom. The highest BCUT2D eigenvalue weighted by molar-refractivity contribution is 5.48.